The lowest BCUT2D eigenvalue weighted by atomic mass is 10.1. The molecule has 3 amide bonds. The zero-order valence-corrected chi connectivity index (χ0v) is 18.3. The van der Waals surface area contributed by atoms with Crippen LogP contribution in [-0.2, 0) is 24.4 Å². The number of carbonyl (C=O) groups is 3. The number of rotatable bonds is 6. The number of amides is 3. The summed E-state index contributed by atoms with van der Waals surface area (Å²) in [5.74, 6) is -1.21. The van der Waals surface area contributed by atoms with Gasteiger partial charge < -0.3 is 15.5 Å². The summed E-state index contributed by atoms with van der Waals surface area (Å²) < 4.78 is 25.5. The van der Waals surface area contributed by atoms with Crippen molar-refractivity contribution in [1.82, 2.24) is 4.31 Å². The van der Waals surface area contributed by atoms with Gasteiger partial charge in [0.1, 0.15) is 0 Å². The molecule has 2 aromatic rings. The molecule has 9 nitrogen and oxygen atoms in total. The van der Waals surface area contributed by atoms with Crippen molar-refractivity contribution in [2.45, 2.75) is 18.2 Å². The Kier molecular flexibility index (Phi) is 6.42. The van der Waals surface area contributed by atoms with Crippen molar-refractivity contribution in [3.63, 3.8) is 0 Å². The van der Waals surface area contributed by atoms with Crippen LogP contribution in [0.15, 0.2) is 53.4 Å². The molecule has 0 aliphatic carbocycles. The number of hydrogen-bond acceptors (Lipinski definition) is 5. The maximum Gasteiger partial charge on any atom is 0.242 e. The molecule has 0 saturated carbocycles. The van der Waals surface area contributed by atoms with Crippen LogP contribution in [0.2, 0.25) is 0 Å². The molecule has 1 atom stereocenters. The molecule has 1 heterocycles. The Hall–Kier alpha value is -3.24. The Labute approximate surface area is 181 Å². The predicted molar refractivity (Wildman–Crippen MR) is 117 cm³/mol. The molecule has 1 aliphatic rings. The van der Waals surface area contributed by atoms with Crippen LogP contribution in [0, 0.1) is 5.92 Å². The molecule has 31 heavy (non-hydrogen) atoms. The zero-order chi connectivity index (χ0) is 22.8. The van der Waals surface area contributed by atoms with Crippen molar-refractivity contribution in [3.8, 4) is 0 Å². The highest BCUT2D eigenvalue weighted by molar-refractivity contribution is 7.89. The number of benzene rings is 2. The van der Waals surface area contributed by atoms with Crippen molar-refractivity contribution in [3.05, 3.63) is 48.5 Å². The second-order valence-corrected chi connectivity index (χ2v) is 9.59. The van der Waals surface area contributed by atoms with Crippen LogP contribution in [-0.4, -0.2) is 51.1 Å². The maximum absolute atomic E-state index is 12.6. The Morgan fingerprint density at radius 3 is 2.03 bits per heavy atom. The molecule has 3 rings (SSSR count). The van der Waals surface area contributed by atoms with Crippen molar-refractivity contribution in [2.24, 2.45) is 5.92 Å². The molecular formula is C21H24N4O5S. The van der Waals surface area contributed by atoms with Crippen molar-refractivity contribution in [1.29, 1.82) is 0 Å². The summed E-state index contributed by atoms with van der Waals surface area (Å²) in [5, 5.41) is 5.43. The van der Waals surface area contributed by atoms with Gasteiger partial charge in [-0.15, -0.1) is 0 Å². The molecule has 0 aromatic heterocycles. The number of nitrogens with zero attached hydrogens (tertiary/aromatic N) is 2. The van der Waals surface area contributed by atoms with Gasteiger partial charge in [-0.1, -0.05) is 0 Å². The van der Waals surface area contributed by atoms with Gasteiger partial charge in [-0.3, -0.25) is 14.4 Å². The third kappa shape index (κ3) is 5.09. The molecule has 0 bridgehead atoms. The number of sulfonamides is 1. The normalized spacial score (nSPS) is 16.5. The lowest BCUT2D eigenvalue weighted by molar-refractivity contribution is -0.122. The van der Waals surface area contributed by atoms with Gasteiger partial charge in [0.05, 0.1) is 10.8 Å². The average Bonchev–Trinajstić information content (AvgIpc) is 3.11. The monoisotopic (exact) mass is 444 g/mol. The summed E-state index contributed by atoms with van der Waals surface area (Å²) in [6.07, 6.45) is 0.0631. The van der Waals surface area contributed by atoms with E-state index in [9.17, 15) is 22.8 Å². The fourth-order valence-corrected chi connectivity index (χ4v) is 4.13. The second kappa shape index (κ2) is 8.86. The highest BCUT2D eigenvalue weighted by Crippen LogP contribution is 2.27. The average molecular weight is 445 g/mol. The number of carbonyl (C=O) groups excluding carboxylic acids is 3. The first-order chi connectivity index (χ1) is 14.6. The molecular weight excluding hydrogens is 420 g/mol. The molecule has 1 fully saturated rings. The molecule has 2 aromatic carbocycles. The number of nitrogens with one attached hydrogen (secondary N) is 2. The van der Waals surface area contributed by atoms with E-state index in [2.05, 4.69) is 10.6 Å². The summed E-state index contributed by atoms with van der Waals surface area (Å²) in [5.41, 5.74) is 1.72. The smallest absolute Gasteiger partial charge is 0.242 e. The van der Waals surface area contributed by atoms with Gasteiger partial charge in [0.2, 0.25) is 27.7 Å². The molecule has 0 spiro atoms. The molecule has 2 N–H and O–H groups in total. The first kappa shape index (κ1) is 22.4. The summed E-state index contributed by atoms with van der Waals surface area (Å²) in [6, 6.07) is 12.7. The van der Waals surface area contributed by atoms with E-state index >= 15 is 0 Å². The van der Waals surface area contributed by atoms with Crippen molar-refractivity contribution < 1.29 is 22.8 Å². The Morgan fingerprint density at radius 2 is 1.52 bits per heavy atom. The zero-order valence-electron chi connectivity index (χ0n) is 17.5. The Balaban J connectivity index is 1.65. The van der Waals surface area contributed by atoms with E-state index in [1.54, 1.807) is 36.4 Å². The summed E-state index contributed by atoms with van der Waals surface area (Å²) in [4.78, 5) is 37.8. The van der Waals surface area contributed by atoms with Gasteiger partial charge in [0, 0.05) is 51.0 Å². The summed E-state index contributed by atoms with van der Waals surface area (Å²) >= 11 is 0. The minimum absolute atomic E-state index is 0.0631. The van der Waals surface area contributed by atoms with Crippen LogP contribution >= 0.6 is 0 Å². The quantitative estimate of drug-likeness (QED) is 0.706. The lowest BCUT2D eigenvalue weighted by Gasteiger charge is -2.18. The Bertz CT molecular complexity index is 1100. The number of anilines is 3. The van der Waals surface area contributed by atoms with Gasteiger partial charge in [0.15, 0.2) is 0 Å². The largest absolute Gasteiger partial charge is 0.326 e. The van der Waals surface area contributed by atoms with Crippen LogP contribution in [0.4, 0.5) is 17.1 Å². The van der Waals surface area contributed by atoms with E-state index in [4.69, 9.17) is 0 Å². The van der Waals surface area contributed by atoms with Gasteiger partial charge in [-0.2, -0.15) is 0 Å². The minimum Gasteiger partial charge on any atom is -0.326 e. The van der Waals surface area contributed by atoms with Crippen LogP contribution < -0.4 is 15.5 Å². The summed E-state index contributed by atoms with van der Waals surface area (Å²) in [6.45, 7) is 1.61. The molecule has 0 radical (unpaired) electrons. The summed E-state index contributed by atoms with van der Waals surface area (Å²) in [7, 11) is -0.660. The fraction of sp³-hybridized carbons (Fsp3) is 0.286. The molecule has 10 heteroatoms. The predicted octanol–water partition coefficient (Wildman–Crippen LogP) is 1.89. The van der Waals surface area contributed by atoms with Crippen molar-refractivity contribution >= 4 is 44.8 Å². The second-order valence-electron chi connectivity index (χ2n) is 7.43. The fourth-order valence-electron chi connectivity index (χ4n) is 3.23. The SMILES string of the molecule is CC(=O)Nc1ccc(NC(=O)[C@H]2CC(=O)N(c3ccc(S(=O)(=O)N(C)C)cc3)C2)cc1. The standard InChI is InChI=1S/C21H24N4O5S/c1-14(26)22-16-4-6-17(7-5-16)23-21(28)15-12-20(27)25(13-15)18-8-10-19(11-9-18)31(29,30)24(2)3/h4-11,15H,12-13H2,1-3H3,(H,22,26)(H,23,28)/t15-/m0/s1. The van der Waals surface area contributed by atoms with Crippen LogP contribution in [0.25, 0.3) is 0 Å². The van der Waals surface area contributed by atoms with Crippen LogP contribution in [0.3, 0.4) is 0 Å². The van der Waals surface area contributed by atoms with Gasteiger partial charge in [0.25, 0.3) is 0 Å². The molecule has 164 valence electrons. The molecule has 0 unspecified atom stereocenters. The van der Waals surface area contributed by atoms with Crippen molar-refractivity contribution in [2.75, 3.05) is 36.2 Å². The van der Waals surface area contributed by atoms with E-state index < -0.39 is 15.9 Å². The minimum atomic E-state index is -3.56. The van der Waals surface area contributed by atoms with E-state index in [-0.39, 0.29) is 35.6 Å². The van der Waals surface area contributed by atoms with E-state index in [1.165, 1.54) is 38.1 Å². The first-order valence-corrected chi connectivity index (χ1v) is 11.0. The van der Waals surface area contributed by atoms with Crippen LogP contribution in [0.1, 0.15) is 13.3 Å². The highest BCUT2D eigenvalue weighted by Gasteiger charge is 2.35. The highest BCUT2D eigenvalue weighted by atomic mass is 32.2. The lowest BCUT2D eigenvalue weighted by Crippen LogP contribution is -2.28. The Morgan fingerprint density at radius 1 is 0.968 bits per heavy atom. The van der Waals surface area contributed by atoms with E-state index in [1.807, 2.05) is 0 Å². The maximum atomic E-state index is 12.6. The van der Waals surface area contributed by atoms with Crippen LogP contribution in [0.5, 0.6) is 0 Å². The topological polar surface area (TPSA) is 116 Å². The van der Waals surface area contributed by atoms with Gasteiger partial charge in [-0.05, 0) is 48.5 Å². The van der Waals surface area contributed by atoms with Gasteiger partial charge >= 0.3 is 0 Å². The molecule has 1 saturated heterocycles. The third-order valence-electron chi connectivity index (χ3n) is 4.90. The van der Waals surface area contributed by atoms with E-state index in [0.717, 1.165) is 4.31 Å². The molecule has 1 aliphatic heterocycles. The van der Waals surface area contributed by atoms with E-state index in [0.29, 0.717) is 17.1 Å². The first-order valence-electron chi connectivity index (χ1n) is 9.59. The third-order valence-corrected chi connectivity index (χ3v) is 6.72. The number of hydrogen-bond donors (Lipinski definition) is 2. The van der Waals surface area contributed by atoms with Gasteiger partial charge in [-0.25, -0.2) is 12.7 Å².